The van der Waals surface area contributed by atoms with Gasteiger partial charge in [-0.15, -0.1) is 0 Å². The van der Waals surface area contributed by atoms with Crippen LogP contribution in [-0.2, 0) is 9.53 Å². The second kappa shape index (κ2) is 5.06. The van der Waals surface area contributed by atoms with Gasteiger partial charge in [-0.05, 0) is 39.1 Å². The Morgan fingerprint density at radius 1 is 1.44 bits per heavy atom. The van der Waals surface area contributed by atoms with Gasteiger partial charge < -0.3 is 4.74 Å². The molecular formula is C14H20N2O2. The van der Waals surface area contributed by atoms with Gasteiger partial charge >= 0.3 is 5.97 Å². The van der Waals surface area contributed by atoms with Crippen LogP contribution in [0.2, 0.25) is 0 Å². The number of pyridine rings is 1. The van der Waals surface area contributed by atoms with Crippen LogP contribution in [0.15, 0.2) is 24.4 Å². The van der Waals surface area contributed by atoms with Crippen molar-refractivity contribution in [3.63, 3.8) is 0 Å². The fraction of sp³-hybridized carbons (Fsp3) is 0.571. The monoisotopic (exact) mass is 248 g/mol. The highest BCUT2D eigenvalue weighted by atomic mass is 16.5. The predicted octanol–water partition coefficient (Wildman–Crippen LogP) is 2.03. The lowest BCUT2D eigenvalue weighted by Gasteiger charge is -2.47. The first kappa shape index (κ1) is 13.0. The quantitative estimate of drug-likeness (QED) is 0.765. The van der Waals surface area contributed by atoms with Crippen LogP contribution in [0.5, 0.6) is 0 Å². The lowest BCUT2D eigenvalue weighted by molar-refractivity contribution is -0.165. The van der Waals surface area contributed by atoms with Gasteiger partial charge in [-0.3, -0.25) is 14.7 Å². The Kier molecular flexibility index (Phi) is 3.66. The molecule has 2 rings (SSSR count). The number of carbonyl (C=O) groups is 1. The molecule has 4 nitrogen and oxygen atoms in total. The van der Waals surface area contributed by atoms with Gasteiger partial charge in [-0.2, -0.15) is 0 Å². The van der Waals surface area contributed by atoms with Crippen molar-refractivity contribution < 1.29 is 9.53 Å². The van der Waals surface area contributed by atoms with Crippen LogP contribution in [0.3, 0.4) is 0 Å². The molecule has 0 aliphatic heterocycles. The predicted molar refractivity (Wildman–Crippen MR) is 69.0 cm³/mol. The summed E-state index contributed by atoms with van der Waals surface area (Å²) in [7, 11) is 5.44. The van der Waals surface area contributed by atoms with E-state index in [-0.39, 0.29) is 12.0 Å². The number of carbonyl (C=O) groups excluding carboxylic acids is 1. The van der Waals surface area contributed by atoms with E-state index in [0.29, 0.717) is 0 Å². The summed E-state index contributed by atoms with van der Waals surface area (Å²) < 4.78 is 5.02. The molecule has 1 aliphatic rings. The van der Waals surface area contributed by atoms with Crippen LogP contribution >= 0.6 is 0 Å². The first-order valence-corrected chi connectivity index (χ1v) is 6.27. The van der Waals surface area contributed by atoms with Crippen molar-refractivity contribution >= 4 is 5.97 Å². The number of hydrogen-bond donors (Lipinski definition) is 0. The third-order valence-electron chi connectivity index (χ3n) is 3.85. The van der Waals surface area contributed by atoms with Crippen LogP contribution in [-0.4, -0.2) is 37.1 Å². The molecule has 1 atom stereocenters. The second-order valence-electron chi connectivity index (χ2n) is 5.12. The minimum Gasteiger partial charge on any atom is -0.469 e. The molecule has 98 valence electrons. The van der Waals surface area contributed by atoms with Gasteiger partial charge in [0.05, 0.1) is 24.3 Å². The number of rotatable bonds is 4. The summed E-state index contributed by atoms with van der Waals surface area (Å²) in [4.78, 5) is 18.6. The Hall–Kier alpha value is -1.42. The Morgan fingerprint density at radius 3 is 2.56 bits per heavy atom. The number of esters is 1. The average Bonchev–Trinajstić information content (AvgIpc) is 2.33. The van der Waals surface area contributed by atoms with Crippen molar-refractivity contribution in [2.24, 2.45) is 5.41 Å². The van der Waals surface area contributed by atoms with Gasteiger partial charge in [-0.1, -0.05) is 12.5 Å². The number of nitrogens with zero attached hydrogens (tertiary/aromatic N) is 2. The second-order valence-corrected chi connectivity index (χ2v) is 5.12. The molecule has 1 saturated carbocycles. The van der Waals surface area contributed by atoms with Crippen molar-refractivity contribution in [1.29, 1.82) is 0 Å². The summed E-state index contributed by atoms with van der Waals surface area (Å²) >= 11 is 0. The molecule has 0 saturated heterocycles. The zero-order chi connectivity index (χ0) is 13.2. The first-order valence-electron chi connectivity index (χ1n) is 6.27. The molecule has 1 aromatic rings. The van der Waals surface area contributed by atoms with Crippen molar-refractivity contribution in [2.45, 2.75) is 25.3 Å². The highest BCUT2D eigenvalue weighted by Crippen LogP contribution is 2.52. The van der Waals surface area contributed by atoms with E-state index >= 15 is 0 Å². The summed E-state index contributed by atoms with van der Waals surface area (Å²) in [5.74, 6) is -0.113. The van der Waals surface area contributed by atoms with E-state index in [9.17, 15) is 4.79 Å². The van der Waals surface area contributed by atoms with Gasteiger partial charge in [0.15, 0.2) is 0 Å². The maximum Gasteiger partial charge on any atom is 0.313 e. The Morgan fingerprint density at radius 2 is 2.17 bits per heavy atom. The fourth-order valence-corrected chi connectivity index (χ4v) is 2.93. The number of methoxy groups -OCH3 is 1. The minimum atomic E-state index is -0.424. The van der Waals surface area contributed by atoms with Gasteiger partial charge in [0.25, 0.3) is 0 Å². The van der Waals surface area contributed by atoms with Crippen molar-refractivity contribution in [3.05, 3.63) is 30.1 Å². The third kappa shape index (κ3) is 2.01. The molecule has 0 spiro atoms. The number of ether oxygens (including phenoxy) is 1. The molecule has 1 unspecified atom stereocenters. The van der Waals surface area contributed by atoms with Crippen LogP contribution < -0.4 is 0 Å². The Bertz CT molecular complexity index is 413. The van der Waals surface area contributed by atoms with Crippen molar-refractivity contribution in [3.8, 4) is 0 Å². The summed E-state index contributed by atoms with van der Waals surface area (Å²) in [6.45, 7) is 0. The Balaban J connectivity index is 2.39. The van der Waals surface area contributed by atoms with E-state index in [0.717, 1.165) is 25.0 Å². The van der Waals surface area contributed by atoms with Gasteiger partial charge in [0.2, 0.25) is 0 Å². The summed E-state index contributed by atoms with van der Waals surface area (Å²) in [5, 5.41) is 0. The molecule has 1 fully saturated rings. The van der Waals surface area contributed by atoms with E-state index in [4.69, 9.17) is 4.74 Å². The molecule has 0 radical (unpaired) electrons. The van der Waals surface area contributed by atoms with Crippen molar-refractivity contribution in [1.82, 2.24) is 9.88 Å². The summed E-state index contributed by atoms with van der Waals surface area (Å²) in [6.07, 6.45) is 4.60. The van der Waals surface area contributed by atoms with Gasteiger partial charge in [0.1, 0.15) is 0 Å². The average molecular weight is 248 g/mol. The molecule has 1 heterocycles. The van der Waals surface area contributed by atoms with Crippen molar-refractivity contribution in [2.75, 3.05) is 21.2 Å². The standard InChI is InChI=1S/C14H20N2O2/c1-16(2)12(11-7-4-5-10-15-11)14(8-6-9-14)13(17)18-3/h4-5,7,10,12H,6,8-9H2,1-3H3. The minimum absolute atomic E-state index is 0.0140. The van der Waals surface area contributed by atoms with Gasteiger partial charge in [-0.25, -0.2) is 0 Å². The molecule has 0 aromatic carbocycles. The molecule has 0 N–H and O–H groups in total. The van der Waals surface area contributed by atoms with Gasteiger partial charge in [0, 0.05) is 6.20 Å². The van der Waals surface area contributed by atoms with E-state index < -0.39 is 5.41 Å². The highest BCUT2D eigenvalue weighted by Gasteiger charge is 2.53. The first-order chi connectivity index (χ1) is 8.62. The van der Waals surface area contributed by atoms with E-state index in [1.165, 1.54) is 7.11 Å². The molecular weight excluding hydrogens is 228 g/mol. The smallest absolute Gasteiger partial charge is 0.313 e. The van der Waals surface area contributed by atoms with Crippen LogP contribution in [0, 0.1) is 5.41 Å². The maximum absolute atomic E-state index is 12.2. The topological polar surface area (TPSA) is 42.4 Å². The van der Waals surface area contributed by atoms with Crippen LogP contribution in [0.1, 0.15) is 31.0 Å². The molecule has 0 bridgehead atoms. The summed E-state index contributed by atoms with van der Waals surface area (Å²) in [5.41, 5.74) is 0.514. The summed E-state index contributed by atoms with van der Waals surface area (Å²) in [6, 6.07) is 5.82. The lowest BCUT2D eigenvalue weighted by Crippen LogP contribution is -2.49. The van der Waals surface area contributed by atoms with Crippen LogP contribution in [0.4, 0.5) is 0 Å². The fourth-order valence-electron chi connectivity index (χ4n) is 2.93. The normalized spacial score (nSPS) is 19.1. The highest BCUT2D eigenvalue weighted by molar-refractivity contribution is 5.79. The SMILES string of the molecule is COC(=O)C1(C(c2ccccn2)N(C)C)CCC1. The maximum atomic E-state index is 12.2. The largest absolute Gasteiger partial charge is 0.469 e. The molecule has 0 amide bonds. The lowest BCUT2D eigenvalue weighted by atomic mass is 9.62. The third-order valence-corrected chi connectivity index (χ3v) is 3.85. The van der Waals surface area contributed by atoms with E-state index in [1.807, 2.05) is 32.3 Å². The number of aromatic nitrogens is 1. The Labute approximate surface area is 108 Å². The molecule has 4 heteroatoms. The zero-order valence-electron chi connectivity index (χ0n) is 11.2. The zero-order valence-corrected chi connectivity index (χ0v) is 11.2. The van der Waals surface area contributed by atoms with Crippen LogP contribution in [0.25, 0.3) is 0 Å². The number of hydrogen-bond acceptors (Lipinski definition) is 4. The molecule has 1 aromatic heterocycles. The molecule has 18 heavy (non-hydrogen) atoms. The molecule has 1 aliphatic carbocycles. The van der Waals surface area contributed by atoms with E-state index in [2.05, 4.69) is 9.88 Å². The van der Waals surface area contributed by atoms with E-state index in [1.54, 1.807) is 6.20 Å².